The number of hydrogen-bond acceptors (Lipinski definition) is 4. The highest BCUT2D eigenvalue weighted by molar-refractivity contribution is 7.09. The molecule has 0 aliphatic rings. The molecule has 1 aromatic heterocycles. The molecule has 96 valence electrons. The maximum absolute atomic E-state index is 11.7. The molecular weight excluding hydrogens is 234 g/mol. The summed E-state index contributed by atoms with van der Waals surface area (Å²) in [6, 6.07) is 0.477. The van der Waals surface area contributed by atoms with Crippen LogP contribution in [0.15, 0.2) is 11.6 Å². The van der Waals surface area contributed by atoms with Crippen LogP contribution >= 0.6 is 11.3 Å². The number of hydrogen-bond donors (Lipinski definition) is 2. The van der Waals surface area contributed by atoms with Gasteiger partial charge in [0.05, 0.1) is 6.04 Å². The highest BCUT2D eigenvalue weighted by Gasteiger charge is 2.14. The zero-order chi connectivity index (χ0) is 12.7. The molecule has 1 atom stereocenters. The summed E-state index contributed by atoms with van der Waals surface area (Å²) in [5.41, 5.74) is 0. The average molecular weight is 255 g/mol. The lowest BCUT2D eigenvalue weighted by molar-refractivity contribution is -0.121. The summed E-state index contributed by atoms with van der Waals surface area (Å²) in [6.45, 7) is 6.92. The third kappa shape index (κ3) is 5.28. The van der Waals surface area contributed by atoms with E-state index in [0.29, 0.717) is 12.5 Å². The molecule has 0 aliphatic carbocycles. The minimum atomic E-state index is 0.0570. The minimum Gasteiger partial charge on any atom is -0.347 e. The van der Waals surface area contributed by atoms with Crippen molar-refractivity contribution in [3.8, 4) is 0 Å². The monoisotopic (exact) mass is 255 g/mol. The van der Waals surface area contributed by atoms with Crippen LogP contribution < -0.4 is 10.6 Å². The molecule has 0 spiro atoms. The summed E-state index contributed by atoms with van der Waals surface area (Å²) in [4.78, 5) is 16.0. The summed E-state index contributed by atoms with van der Waals surface area (Å²) < 4.78 is 0. The number of thiazole rings is 1. The van der Waals surface area contributed by atoms with Crippen LogP contribution in [0.25, 0.3) is 0 Å². The molecule has 5 heteroatoms. The van der Waals surface area contributed by atoms with Gasteiger partial charge in [-0.2, -0.15) is 0 Å². The highest BCUT2D eigenvalue weighted by Crippen LogP contribution is 2.18. The number of nitrogens with one attached hydrogen (secondary N) is 2. The van der Waals surface area contributed by atoms with E-state index >= 15 is 0 Å². The van der Waals surface area contributed by atoms with Gasteiger partial charge in [0.1, 0.15) is 5.01 Å². The molecular formula is C12H21N3OS. The Bertz CT molecular complexity index is 325. The van der Waals surface area contributed by atoms with E-state index in [4.69, 9.17) is 0 Å². The Hall–Kier alpha value is -0.940. The van der Waals surface area contributed by atoms with E-state index < -0.39 is 0 Å². The van der Waals surface area contributed by atoms with Crippen molar-refractivity contribution in [2.45, 2.75) is 45.7 Å². The maximum Gasteiger partial charge on any atom is 0.221 e. The molecule has 1 rings (SSSR count). The average Bonchev–Trinajstić information content (AvgIpc) is 2.78. The van der Waals surface area contributed by atoms with Gasteiger partial charge in [-0.3, -0.25) is 4.79 Å². The van der Waals surface area contributed by atoms with Crippen LogP contribution in [0.1, 0.15) is 44.7 Å². The predicted octanol–water partition coefficient (Wildman–Crippen LogP) is 2.10. The van der Waals surface area contributed by atoms with Crippen LogP contribution in [0.2, 0.25) is 0 Å². The van der Waals surface area contributed by atoms with Crippen LogP contribution in [0.3, 0.4) is 0 Å². The molecule has 4 nitrogen and oxygen atoms in total. The first-order valence-electron chi connectivity index (χ1n) is 6.05. The molecule has 17 heavy (non-hydrogen) atoms. The molecule has 0 radical (unpaired) electrons. The molecule has 2 N–H and O–H groups in total. The maximum atomic E-state index is 11.7. The largest absolute Gasteiger partial charge is 0.347 e. The molecule has 0 fully saturated rings. The Morgan fingerprint density at radius 1 is 1.53 bits per heavy atom. The fraction of sp³-hybridized carbons (Fsp3) is 0.667. The van der Waals surface area contributed by atoms with Gasteiger partial charge >= 0.3 is 0 Å². The first-order chi connectivity index (χ1) is 8.13. The van der Waals surface area contributed by atoms with Gasteiger partial charge in [0, 0.05) is 30.6 Å². The number of amides is 1. The lowest BCUT2D eigenvalue weighted by Gasteiger charge is -2.15. The predicted molar refractivity (Wildman–Crippen MR) is 71.0 cm³/mol. The zero-order valence-corrected chi connectivity index (χ0v) is 11.5. The smallest absolute Gasteiger partial charge is 0.221 e. The molecule has 1 aromatic rings. The Morgan fingerprint density at radius 2 is 2.29 bits per heavy atom. The van der Waals surface area contributed by atoms with Gasteiger partial charge in [-0.15, -0.1) is 11.3 Å². The van der Waals surface area contributed by atoms with Crippen molar-refractivity contribution >= 4 is 17.2 Å². The number of carbonyl (C=O) groups is 1. The van der Waals surface area contributed by atoms with Gasteiger partial charge in [-0.25, -0.2) is 4.98 Å². The second kappa shape index (κ2) is 7.40. The SMILES string of the molecule is CCC(NC(=O)CCNC(C)C)c1nccs1. The van der Waals surface area contributed by atoms with Gasteiger partial charge in [0.2, 0.25) is 5.91 Å². The fourth-order valence-corrected chi connectivity index (χ4v) is 2.26. The summed E-state index contributed by atoms with van der Waals surface area (Å²) in [5, 5.41) is 9.16. The lowest BCUT2D eigenvalue weighted by Crippen LogP contribution is -2.32. The van der Waals surface area contributed by atoms with Crippen molar-refractivity contribution < 1.29 is 4.79 Å². The van der Waals surface area contributed by atoms with Crippen LogP contribution in [0.5, 0.6) is 0 Å². The third-order valence-corrected chi connectivity index (χ3v) is 3.29. The molecule has 0 saturated heterocycles. The zero-order valence-electron chi connectivity index (χ0n) is 10.7. The van der Waals surface area contributed by atoms with Gasteiger partial charge < -0.3 is 10.6 Å². The summed E-state index contributed by atoms with van der Waals surface area (Å²) in [7, 11) is 0. The molecule has 1 amide bonds. The van der Waals surface area contributed by atoms with E-state index in [0.717, 1.165) is 18.0 Å². The van der Waals surface area contributed by atoms with Crippen LogP contribution in [-0.4, -0.2) is 23.5 Å². The fourth-order valence-electron chi connectivity index (χ4n) is 1.49. The van der Waals surface area contributed by atoms with Crippen LogP contribution in [0.4, 0.5) is 0 Å². The Labute approximate surface area is 107 Å². The quantitative estimate of drug-likeness (QED) is 0.784. The van der Waals surface area contributed by atoms with E-state index in [2.05, 4.69) is 36.4 Å². The second-order valence-corrected chi connectivity index (χ2v) is 5.18. The molecule has 0 saturated carbocycles. The van der Waals surface area contributed by atoms with E-state index in [-0.39, 0.29) is 11.9 Å². The molecule has 0 aliphatic heterocycles. The molecule has 0 aromatic carbocycles. The van der Waals surface area contributed by atoms with Crippen molar-refractivity contribution in [3.63, 3.8) is 0 Å². The lowest BCUT2D eigenvalue weighted by atomic mass is 10.2. The van der Waals surface area contributed by atoms with E-state index in [1.165, 1.54) is 0 Å². The van der Waals surface area contributed by atoms with E-state index in [1.807, 2.05) is 5.38 Å². The molecule has 1 heterocycles. The van der Waals surface area contributed by atoms with E-state index in [1.54, 1.807) is 17.5 Å². The summed E-state index contributed by atoms with van der Waals surface area (Å²) >= 11 is 1.58. The van der Waals surface area contributed by atoms with Gasteiger partial charge in [-0.05, 0) is 6.42 Å². The summed E-state index contributed by atoms with van der Waals surface area (Å²) in [5.74, 6) is 0.0835. The van der Waals surface area contributed by atoms with Crippen LogP contribution in [0, 0.1) is 0 Å². The number of nitrogens with zero attached hydrogens (tertiary/aromatic N) is 1. The topological polar surface area (TPSA) is 54.0 Å². The van der Waals surface area contributed by atoms with Crippen molar-refractivity contribution in [3.05, 3.63) is 16.6 Å². The van der Waals surface area contributed by atoms with Gasteiger partial charge in [-0.1, -0.05) is 20.8 Å². The normalized spacial score (nSPS) is 12.7. The van der Waals surface area contributed by atoms with Crippen molar-refractivity contribution in [1.29, 1.82) is 0 Å². The number of rotatable bonds is 7. The Balaban J connectivity index is 2.33. The minimum absolute atomic E-state index is 0.0570. The Kier molecular flexibility index (Phi) is 6.15. The highest BCUT2D eigenvalue weighted by atomic mass is 32.1. The van der Waals surface area contributed by atoms with Crippen molar-refractivity contribution in [1.82, 2.24) is 15.6 Å². The van der Waals surface area contributed by atoms with Gasteiger partial charge in [0.15, 0.2) is 0 Å². The van der Waals surface area contributed by atoms with Gasteiger partial charge in [0.25, 0.3) is 0 Å². The first-order valence-corrected chi connectivity index (χ1v) is 6.93. The molecule has 0 bridgehead atoms. The standard InChI is InChI=1S/C12H21N3OS/c1-4-10(12-14-7-8-17-12)15-11(16)5-6-13-9(2)3/h7-10,13H,4-6H2,1-3H3,(H,15,16). The van der Waals surface area contributed by atoms with Crippen molar-refractivity contribution in [2.24, 2.45) is 0 Å². The molecule has 1 unspecified atom stereocenters. The van der Waals surface area contributed by atoms with Crippen LogP contribution in [-0.2, 0) is 4.79 Å². The third-order valence-electron chi connectivity index (χ3n) is 2.40. The van der Waals surface area contributed by atoms with E-state index in [9.17, 15) is 4.79 Å². The summed E-state index contributed by atoms with van der Waals surface area (Å²) in [6.07, 6.45) is 3.16. The second-order valence-electron chi connectivity index (χ2n) is 4.26. The first kappa shape index (κ1) is 14.1. The number of carbonyl (C=O) groups excluding carboxylic acids is 1. The Morgan fingerprint density at radius 3 is 2.82 bits per heavy atom. The van der Waals surface area contributed by atoms with Crippen molar-refractivity contribution in [2.75, 3.05) is 6.54 Å². The number of aromatic nitrogens is 1.